The van der Waals surface area contributed by atoms with Gasteiger partial charge in [0.2, 0.25) is 5.88 Å². The van der Waals surface area contributed by atoms with Gasteiger partial charge in [0.25, 0.3) is 5.91 Å². The number of pyridine rings is 1. The van der Waals surface area contributed by atoms with Gasteiger partial charge in [-0.1, -0.05) is 12.1 Å². The van der Waals surface area contributed by atoms with Crippen LogP contribution in [0.4, 0.5) is 5.69 Å². The van der Waals surface area contributed by atoms with Crippen LogP contribution in [0.5, 0.6) is 5.88 Å². The zero-order valence-corrected chi connectivity index (χ0v) is 14.1. The van der Waals surface area contributed by atoms with Crippen LogP contribution in [-0.4, -0.2) is 36.8 Å². The Morgan fingerprint density at radius 2 is 2.25 bits per heavy atom. The maximum Gasteiger partial charge on any atom is 0.258 e. The molecular formula is C19H22N2O3. The number of carbonyl (C=O) groups is 1. The number of anilines is 1. The van der Waals surface area contributed by atoms with E-state index in [0.717, 1.165) is 17.7 Å². The summed E-state index contributed by atoms with van der Waals surface area (Å²) in [6.07, 6.45) is 2.48. The van der Waals surface area contributed by atoms with Crippen molar-refractivity contribution in [1.29, 1.82) is 0 Å². The Hall–Kier alpha value is -2.40. The number of carbonyl (C=O) groups excluding carboxylic acids is 1. The molecule has 3 rings (SSSR count). The number of ether oxygens (including phenoxy) is 2. The second kappa shape index (κ2) is 7.45. The Balaban J connectivity index is 1.80. The highest BCUT2D eigenvalue weighted by Crippen LogP contribution is 2.21. The molecule has 0 radical (unpaired) electrons. The van der Waals surface area contributed by atoms with E-state index in [9.17, 15) is 4.79 Å². The van der Waals surface area contributed by atoms with Gasteiger partial charge in [0.1, 0.15) is 6.10 Å². The molecule has 1 atom stereocenters. The highest BCUT2D eigenvalue weighted by Gasteiger charge is 2.20. The summed E-state index contributed by atoms with van der Waals surface area (Å²) in [6.45, 7) is 5.86. The van der Waals surface area contributed by atoms with E-state index >= 15 is 0 Å². The molecule has 1 aliphatic heterocycles. The highest BCUT2D eigenvalue weighted by molar-refractivity contribution is 6.06. The first-order valence-electron chi connectivity index (χ1n) is 8.26. The van der Waals surface area contributed by atoms with Crippen molar-refractivity contribution in [1.82, 2.24) is 4.98 Å². The largest absolute Gasteiger partial charge is 0.472 e. The normalized spacial score (nSPS) is 16.8. The first kappa shape index (κ1) is 16.5. The third kappa shape index (κ3) is 3.74. The highest BCUT2D eigenvalue weighted by atomic mass is 16.5. The van der Waals surface area contributed by atoms with Gasteiger partial charge in [-0.3, -0.25) is 4.79 Å². The molecule has 1 amide bonds. The summed E-state index contributed by atoms with van der Waals surface area (Å²) in [6, 6.07) is 11.4. The molecular weight excluding hydrogens is 304 g/mol. The molecule has 1 aromatic heterocycles. The minimum Gasteiger partial charge on any atom is -0.472 e. The van der Waals surface area contributed by atoms with Crippen LogP contribution < -0.4 is 9.64 Å². The average molecular weight is 326 g/mol. The SMILES string of the molecule is CCN(C(=O)c1ccnc(OC2CCOC2)c1)c1cccc(C)c1. The fourth-order valence-corrected chi connectivity index (χ4v) is 2.78. The number of amides is 1. The second-order valence-corrected chi connectivity index (χ2v) is 5.87. The summed E-state index contributed by atoms with van der Waals surface area (Å²) in [7, 11) is 0. The number of hydrogen-bond donors (Lipinski definition) is 0. The van der Waals surface area contributed by atoms with Gasteiger partial charge in [0, 0.05) is 36.5 Å². The van der Waals surface area contributed by atoms with Gasteiger partial charge >= 0.3 is 0 Å². The van der Waals surface area contributed by atoms with Crippen LogP contribution >= 0.6 is 0 Å². The quantitative estimate of drug-likeness (QED) is 0.846. The molecule has 5 heteroatoms. The number of rotatable bonds is 5. The van der Waals surface area contributed by atoms with E-state index in [1.54, 1.807) is 23.2 Å². The molecule has 126 valence electrons. The van der Waals surface area contributed by atoms with Crippen molar-refractivity contribution in [2.75, 3.05) is 24.7 Å². The third-order valence-electron chi connectivity index (χ3n) is 4.03. The lowest BCUT2D eigenvalue weighted by molar-refractivity contribution is 0.0986. The van der Waals surface area contributed by atoms with Crippen LogP contribution in [0.2, 0.25) is 0 Å². The van der Waals surface area contributed by atoms with Crippen molar-refractivity contribution < 1.29 is 14.3 Å². The maximum atomic E-state index is 12.9. The maximum absolute atomic E-state index is 12.9. The molecule has 0 bridgehead atoms. The monoisotopic (exact) mass is 326 g/mol. The summed E-state index contributed by atoms with van der Waals surface area (Å²) in [5, 5.41) is 0. The molecule has 0 aliphatic carbocycles. The Morgan fingerprint density at radius 3 is 2.96 bits per heavy atom. The predicted octanol–water partition coefficient (Wildman–Crippen LogP) is 3.22. The van der Waals surface area contributed by atoms with Gasteiger partial charge in [-0.15, -0.1) is 0 Å². The molecule has 0 N–H and O–H groups in total. The van der Waals surface area contributed by atoms with Crippen LogP contribution in [-0.2, 0) is 4.74 Å². The average Bonchev–Trinajstić information content (AvgIpc) is 3.09. The lowest BCUT2D eigenvalue weighted by atomic mass is 10.1. The molecule has 0 saturated carbocycles. The van der Waals surface area contributed by atoms with Gasteiger partial charge in [-0.05, 0) is 37.6 Å². The summed E-state index contributed by atoms with van der Waals surface area (Å²) in [4.78, 5) is 18.9. The van der Waals surface area contributed by atoms with Crippen LogP contribution in [0.1, 0.15) is 29.3 Å². The Bertz CT molecular complexity index is 711. The van der Waals surface area contributed by atoms with Crippen molar-refractivity contribution in [3.63, 3.8) is 0 Å². The van der Waals surface area contributed by atoms with E-state index in [0.29, 0.717) is 31.2 Å². The van der Waals surface area contributed by atoms with E-state index in [-0.39, 0.29) is 12.0 Å². The molecule has 2 heterocycles. The number of nitrogens with zero attached hydrogens (tertiary/aromatic N) is 2. The van der Waals surface area contributed by atoms with Crippen molar-refractivity contribution in [3.05, 3.63) is 53.7 Å². The van der Waals surface area contributed by atoms with Crippen molar-refractivity contribution in [3.8, 4) is 5.88 Å². The topological polar surface area (TPSA) is 51.7 Å². The molecule has 1 unspecified atom stereocenters. The molecule has 24 heavy (non-hydrogen) atoms. The van der Waals surface area contributed by atoms with E-state index in [4.69, 9.17) is 9.47 Å². The smallest absolute Gasteiger partial charge is 0.258 e. The fraction of sp³-hybridized carbons (Fsp3) is 0.368. The van der Waals surface area contributed by atoms with E-state index in [2.05, 4.69) is 4.98 Å². The number of aryl methyl sites for hydroxylation is 1. The summed E-state index contributed by atoms with van der Waals surface area (Å²) in [5.41, 5.74) is 2.59. The van der Waals surface area contributed by atoms with Crippen LogP contribution in [0.25, 0.3) is 0 Å². The van der Waals surface area contributed by atoms with Crippen molar-refractivity contribution in [2.24, 2.45) is 0 Å². The minimum absolute atomic E-state index is 0.0157. The van der Waals surface area contributed by atoms with E-state index < -0.39 is 0 Å². The van der Waals surface area contributed by atoms with Crippen LogP contribution in [0.3, 0.4) is 0 Å². The summed E-state index contributed by atoms with van der Waals surface area (Å²) >= 11 is 0. The van der Waals surface area contributed by atoms with Crippen molar-refractivity contribution >= 4 is 11.6 Å². The van der Waals surface area contributed by atoms with E-state index in [1.807, 2.05) is 38.1 Å². The Morgan fingerprint density at radius 1 is 1.38 bits per heavy atom. The number of aromatic nitrogens is 1. The third-order valence-corrected chi connectivity index (χ3v) is 4.03. The zero-order chi connectivity index (χ0) is 16.9. The van der Waals surface area contributed by atoms with Gasteiger partial charge in [0.15, 0.2) is 0 Å². The van der Waals surface area contributed by atoms with Crippen molar-refractivity contribution in [2.45, 2.75) is 26.4 Å². The number of hydrogen-bond acceptors (Lipinski definition) is 4. The molecule has 0 spiro atoms. The predicted molar refractivity (Wildman–Crippen MR) is 92.6 cm³/mol. The standard InChI is InChI=1S/C19H22N2O3/c1-3-21(16-6-4-5-14(2)11-16)19(22)15-7-9-20-18(12-15)24-17-8-10-23-13-17/h4-7,9,11-12,17H,3,8,10,13H2,1-2H3. The molecule has 1 fully saturated rings. The molecule has 2 aromatic rings. The van der Waals surface area contributed by atoms with Gasteiger partial charge in [-0.2, -0.15) is 0 Å². The molecule has 5 nitrogen and oxygen atoms in total. The van der Waals surface area contributed by atoms with Gasteiger partial charge in [0.05, 0.1) is 13.2 Å². The van der Waals surface area contributed by atoms with Gasteiger partial charge in [-0.25, -0.2) is 4.98 Å². The minimum atomic E-state index is -0.0574. The fourth-order valence-electron chi connectivity index (χ4n) is 2.78. The van der Waals surface area contributed by atoms with Crippen LogP contribution in [0, 0.1) is 6.92 Å². The first-order valence-corrected chi connectivity index (χ1v) is 8.26. The molecule has 1 aromatic carbocycles. The van der Waals surface area contributed by atoms with E-state index in [1.165, 1.54) is 0 Å². The zero-order valence-electron chi connectivity index (χ0n) is 14.1. The molecule has 1 aliphatic rings. The first-order chi connectivity index (χ1) is 11.7. The number of benzene rings is 1. The van der Waals surface area contributed by atoms with Gasteiger partial charge < -0.3 is 14.4 Å². The lowest BCUT2D eigenvalue weighted by Gasteiger charge is -2.22. The van der Waals surface area contributed by atoms with Crippen LogP contribution in [0.15, 0.2) is 42.6 Å². The lowest BCUT2D eigenvalue weighted by Crippen LogP contribution is -2.30. The summed E-state index contributed by atoms with van der Waals surface area (Å²) < 4.78 is 11.1. The Labute approximate surface area is 142 Å². The summed E-state index contributed by atoms with van der Waals surface area (Å²) in [5.74, 6) is 0.412. The second-order valence-electron chi connectivity index (χ2n) is 5.87. The Kier molecular flexibility index (Phi) is 5.11. The molecule has 1 saturated heterocycles.